The predicted octanol–water partition coefficient (Wildman–Crippen LogP) is 1.51. The van der Waals surface area contributed by atoms with Crippen LogP contribution in [0.1, 0.15) is 19.4 Å². The molecule has 0 fully saturated rings. The topological polar surface area (TPSA) is 62.8 Å². The normalized spacial score (nSPS) is 9.81. The number of carbonyl (C=O) groups is 1. The van der Waals surface area contributed by atoms with E-state index >= 15 is 0 Å². The van der Waals surface area contributed by atoms with Crippen molar-refractivity contribution in [3.63, 3.8) is 0 Å². The van der Waals surface area contributed by atoms with Gasteiger partial charge in [0.25, 0.3) is 0 Å². The lowest BCUT2D eigenvalue weighted by Gasteiger charge is -2.22. The summed E-state index contributed by atoms with van der Waals surface area (Å²) in [5.41, 5.74) is 3.56. The molecule has 0 saturated carbocycles. The third kappa shape index (κ3) is 5.69. The number of urea groups is 1. The van der Waals surface area contributed by atoms with Gasteiger partial charge in [0.1, 0.15) is 0 Å². The van der Waals surface area contributed by atoms with E-state index in [-0.39, 0.29) is 18.4 Å². The Morgan fingerprint density at radius 2 is 1.63 bits per heavy atom. The monoisotopic (exact) mass is 392 g/mol. The van der Waals surface area contributed by atoms with E-state index in [2.05, 4.69) is 35.4 Å². The lowest BCUT2D eigenvalue weighted by Crippen LogP contribution is -3.00. The molecule has 2 amide bonds. The third-order valence-corrected chi connectivity index (χ3v) is 4.23. The Balaban J connectivity index is 0.00000364. The first kappa shape index (κ1) is 22.4. The van der Waals surface area contributed by atoms with Crippen LogP contribution in [-0.4, -0.2) is 33.3 Å². The zero-order valence-corrected chi connectivity index (χ0v) is 17.2. The van der Waals surface area contributed by atoms with E-state index in [0.29, 0.717) is 17.2 Å². The van der Waals surface area contributed by atoms with Crippen molar-refractivity contribution >= 4 is 23.1 Å². The van der Waals surface area contributed by atoms with Gasteiger partial charge in [-0.05, 0) is 56.7 Å². The van der Waals surface area contributed by atoms with Crippen LogP contribution in [0, 0.1) is 6.92 Å². The minimum Gasteiger partial charge on any atom is -1.00 e. The van der Waals surface area contributed by atoms with Gasteiger partial charge < -0.3 is 37.4 Å². The first-order valence-electron chi connectivity index (χ1n) is 8.68. The number of halogens is 1. The molecule has 0 atom stereocenters. The summed E-state index contributed by atoms with van der Waals surface area (Å²) < 4.78 is 10.5. The van der Waals surface area contributed by atoms with E-state index in [1.807, 2.05) is 19.1 Å². The second-order valence-corrected chi connectivity index (χ2v) is 5.82. The van der Waals surface area contributed by atoms with Crippen molar-refractivity contribution in [2.45, 2.75) is 20.8 Å². The molecule has 0 aliphatic heterocycles. The summed E-state index contributed by atoms with van der Waals surface area (Å²) in [7, 11) is 3.13. The SMILES string of the molecule is CCN(CC)c1ccc(NC(=O)Nc2ccc(OC)c(OC)c2)c(C)c1.[Cl-]. The average Bonchev–Trinajstić information content (AvgIpc) is 2.64. The van der Waals surface area contributed by atoms with E-state index in [0.717, 1.165) is 30.0 Å². The largest absolute Gasteiger partial charge is 1.00 e. The minimum atomic E-state index is -0.309. The fraction of sp³-hybridized carbons (Fsp3) is 0.350. The quantitative estimate of drug-likeness (QED) is 0.749. The molecule has 6 nitrogen and oxygen atoms in total. The average molecular weight is 393 g/mol. The second kappa shape index (κ2) is 10.5. The van der Waals surface area contributed by atoms with Gasteiger partial charge in [0.2, 0.25) is 0 Å². The Hall–Kier alpha value is -2.60. The van der Waals surface area contributed by atoms with Crippen LogP contribution in [-0.2, 0) is 0 Å². The first-order valence-corrected chi connectivity index (χ1v) is 8.68. The molecule has 2 rings (SSSR count). The van der Waals surface area contributed by atoms with Gasteiger partial charge in [-0.25, -0.2) is 4.79 Å². The lowest BCUT2D eigenvalue weighted by molar-refractivity contribution is -0.00000889. The Kier molecular flexibility index (Phi) is 8.75. The zero-order chi connectivity index (χ0) is 19.1. The van der Waals surface area contributed by atoms with Crippen LogP contribution in [0.4, 0.5) is 21.9 Å². The van der Waals surface area contributed by atoms with Gasteiger partial charge in [-0.15, -0.1) is 0 Å². The second-order valence-electron chi connectivity index (χ2n) is 5.82. The molecule has 0 unspecified atom stereocenters. The number of hydrogen-bond acceptors (Lipinski definition) is 4. The highest BCUT2D eigenvalue weighted by Gasteiger charge is 2.10. The minimum absolute atomic E-state index is 0. The van der Waals surface area contributed by atoms with Gasteiger partial charge in [-0.2, -0.15) is 0 Å². The number of ether oxygens (including phenoxy) is 2. The van der Waals surface area contributed by atoms with Gasteiger partial charge in [-0.1, -0.05) is 0 Å². The highest BCUT2D eigenvalue weighted by molar-refractivity contribution is 6.00. The molecule has 2 aromatic carbocycles. The molecule has 0 spiro atoms. The number of amides is 2. The number of benzene rings is 2. The van der Waals surface area contributed by atoms with Crippen molar-refractivity contribution in [1.29, 1.82) is 0 Å². The number of aryl methyl sites for hydroxylation is 1. The number of methoxy groups -OCH3 is 2. The van der Waals surface area contributed by atoms with Crippen LogP contribution in [0.15, 0.2) is 36.4 Å². The standard InChI is InChI=1S/C20H27N3O3.ClH/c1-6-23(7-2)16-9-10-17(14(3)12-16)22-20(24)21-15-8-11-18(25-4)19(13-15)26-5;/h8-13H,6-7H2,1-5H3,(H2,21,22,24);1H/p-1. The van der Waals surface area contributed by atoms with Crippen molar-refractivity contribution in [2.24, 2.45) is 0 Å². The van der Waals surface area contributed by atoms with E-state index in [9.17, 15) is 4.79 Å². The fourth-order valence-electron chi connectivity index (χ4n) is 2.77. The van der Waals surface area contributed by atoms with Crippen LogP contribution in [0.5, 0.6) is 11.5 Å². The van der Waals surface area contributed by atoms with Crippen LogP contribution in [0.2, 0.25) is 0 Å². The maximum atomic E-state index is 12.3. The van der Waals surface area contributed by atoms with E-state index in [1.54, 1.807) is 32.4 Å². The van der Waals surface area contributed by atoms with Crippen molar-refractivity contribution in [3.8, 4) is 11.5 Å². The van der Waals surface area contributed by atoms with Crippen LogP contribution >= 0.6 is 0 Å². The zero-order valence-electron chi connectivity index (χ0n) is 16.4. The molecule has 7 heteroatoms. The molecular formula is C20H27ClN3O3-. The highest BCUT2D eigenvalue weighted by Crippen LogP contribution is 2.30. The molecular weight excluding hydrogens is 366 g/mol. The molecule has 0 aromatic heterocycles. The molecule has 0 aliphatic carbocycles. The molecule has 2 N–H and O–H groups in total. The summed E-state index contributed by atoms with van der Waals surface area (Å²) in [5.74, 6) is 1.17. The molecule has 0 aliphatic rings. The van der Waals surface area contributed by atoms with Gasteiger partial charge in [0.15, 0.2) is 11.5 Å². The summed E-state index contributed by atoms with van der Waals surface area (Å²) >= 11 is 0. The number of nitrogens with zero attached hydrogens (tertiary/aromatic N) is 1. The van der Waals surface area contributed by atoms with Crippen LogP contribution in [0.25, 0.3) is 0 Å². The number of nitrogens with one attached hydrogen (secondary N) is 2. The summed E-state index contributed by atoms with van der Waals surface area (Å²) in [4.78, 5) is 14.6. The van der Waals surface area contributed by atoms with Crippen molar-refractivity contribution in [3.05, 3.63) is 42.0 Å². The van der Waals surface area contributed by atoms with Gasteiger partial charge in [0.05, 0.1) is 14.2 Å². The molecule has 0 saturated heterocycles. The predicted molar refractivity (Wildman–Crippen MR) is 107 cm³/mol. The number of rotatable bonds is 7. The van der Waals surface area contributed by atoms with Crippen molar-refractivity contribution < 1.29 is 26.7 Å². The van der Waals surface area contributed by atoms with E-state index in [1.165, 1.54) is 0 Å². The number of hydrogen-bond donors (Lipinski definition) is 2. The first-order chi connectivity index (χ1) is 12.5. The van der Waals surface area contributed by atoms with E-state index in [4.69, 9.17) is 9.47 Å². The molecule has 0 radical (unpaired) electrons. The van der Waals surface area contributed by atoms with Gasteiger partial charge in [0, 0.05) is 36.2 Å². The van der Waals surface area contributed by atoms with Crippen LogP contribution < -0.4 is 37.4 Å². The summed E-state index contributed by atoms with van der Waals surface area (Å²) in [5, 5.41) is 5.69. The maximum absolute atomic E-state index is 12.3. The third-order valence-electron chi connectivity index (χ3n) is 4.23. The van der Waals surface area contributed by atoms with E-state index < -0.39 is 0 Å². The molecule has 0 heterocycles. The summed E-state index contributed by atoms with van der Waals surface area (Å²) in [6.07, 6.45) is 0. The Morgan fingerprint density at radius 3 is 2.19 bits per heavy atom. The number of anilines is 3. The van der Waals surface area contributed by atoms with Crippen molar-refractivity contribution in [1.82, 2.24) is 0 Å². The van der Waals surface area contributed by atoms with Crippen molar-refractivity contribution in [2.75, 3.05) is 42.8 Å². The molecule has 2 aromatic rings. The maximum Gasteiger partial charge on any atom is 0.323 e. The van der Waals surface area contributed by atoms with Gasteiger partial charge >= 0.3 is 6.03 Å². The highest BCUT2D eigenvalue weighted by atomic mass is 35.5. The lowest BCUT2D eigenvalue weighted by atomic mass is 10.1. The Morgan fingerprint density at radius 1 is 0.963 bits per heavy atom. The van der Waals surface area contributed by atoms with Gasteiger partial charge in [-0.3, -0.25) is 0 Å². The Labute approximate surface area is 167 Å². The summed E-state index contributed by atoms with van der Waals surface area (Å²) in [6, 6.07) is 10.9. The molecule has 148 valence electrons. The smallest absolute Gasteiger partial charge is 0.323 e. The Bertz CT molecular complexity index is 764. The summed E-state index contributed by atoms with van der Waals surface area (Å²) in [6.45, 7) is 8.13. The molecule has 0 bridgehead atoms. The number of carbonyl (C=O) groups excluding carboxylic acids is 1. The molecule has 27 heavy (non-hydrogen) atoms. The fourth-order valence-corrected chi connectivity index (χ4v) is 2.77. The van der Waals surface area contributed by atoms with Crippen LogP contribution in [0.3, 0.4) is 0 Å².